The topological polar surface area (TPSA) is 77.4 Å². The van der Waals surface area contributed by atoms with Crippen LogP contribution in [0.3, 0.4) is 0 Å². The van der Waals surface area contributed by atoms with Crippen LogP contribution in [0.5, 0.6) is 0 Å². The zero-order chi connectivity index (χ0) is 8.31. The van der Waals surface area contributed by atoms with E-state index < -0.39 is 22.0 Å². The summed E-state index contributed by atoms with van der Waals surface area (Å²) in [5.74, 6) is -3.41. The van der Waals surface area contributed by atoms with Crippen molar-refractivity contribution in [2.45, 2.75) is 0 Å². The predicted molar refractivity (Wildman–Crippen MR) is 31.4 cm³/mol. The van der Waals surface area contributed by atoms with Gasteiger partial charge in [0.1, 0.15) is 5.03 Å². The molecule has 0 amide bonds. The van der Waals surface area contributed by atoms with Crippen LogP contribution in [0.2, 0.25) is 0 Å². The van der Waals surface area contributed by atoms with Crippen molar-refractivity contribution in [3.8, 4) is 0 Å². The highest BCUT2D eigenvalue weighted by molar-refractivity contribution is 6.52. The molecule has 0 rings (SSSR count). The van der Waals surface area contributed by atoms with Gasteiger partial charge in [0.15, 0.2) is 0 Å². The number of rotatable bonds is 2. The van der Waals surface area contributed by atoms with E-state index in [0.717, 1.165) is 0 Å². The van der Waals surface area contributed by atoms with Gasteiger partial charge >= 0.3 is 5.97 Å². The minimum absolute atomic E-state index is 0.957. The molecule has 0 aliphatic heterocycles. The van der Waals surface area contributed by atoms with Gasteiger partial charge < -0.3 is 15.0 Å². The Kier molecular flexibility index (Phi) is 3.18. The average molecular weight is 184 g/mol. The Balaban J connectivity index is 4.67. The summed E-state index contributed by atoms with van der Waals surface area (Å²) in [4.78, 5) is 19.7. The number of aliphatic carboxylic acids is 2. The summed E-state index contributed by atoms with van der Waals surface area (Å²) in [6.07, 6.45) is 0. The molecule has 0 heterocycles. The van der Waals surface area contributed by atoms with Gasteiger partial charge in [-0.25, -0.2) is 4.79 Å². The second kappa shape index (κ2) is 3.43. The van der Waals surface area contributed by atoms with Gasteiger partial charge in [0.05, 0.1) is 11.0 Å². The highest BCUT2D eigenvalue weighted by atomic mass is 35.5. The molecule has 4 nitrogen and oxygen atoms in total. The molecule has 0 aromatic heterocycles. The first-order chi connectivity index (χ1) is 4.46. The van der Waals surface area contributed by atoms with E-state index in [1.54, 1.807) is 0 Å². The molecule has 10 heavy (non-hydrogen) atoms. The molecule has 1 N–H and O–H groups in total. The van der Waals surface area contributed by atoms with E-state index in [2.05, 4.69) is 0 Å². The zero-order valence-corrected chi connectivity index (χ0v) is 5.94. The number of hydrogen-bond acceptors (Lipinski definition) is 3. The molecule has 0 saturated carbocycles. The van der Waals surface area contributed by atoms with E-state index >= 15 is 0 Å². The van der Waals surface area contributed by atoms with Gasteiger partial charge in [-0.05, 0) is 0 Å². The van der Waals surface area contributed by atoms with Crippen molar-refractivity contribution >= 4 is 35.1 Å². The molecule has 0 unspecified atom stereocenters. The van der Waals surface area contributed by atoms with Gasteiger partial charge in [-0.2, -0.15) is 0 Å². The molecule has 6 heteroatoms. The quantitative estimate of drug-likeness (QED) is 0.587. The molecular formula is C4HCl2O4-. The lowest BCUT2D eigenvalue weighted by atomic mass is 10.5. The second-order valence-corrected chi connectivity index (χ2v) is 1.98. The number of hydrogen-bond donors (Lipinski definition) is 1. The largest absolute Gasteiger partial charge is 0.544 e. The number of carboxylic acids is 2. The second-order valence-electron chi connectivity index (χ2n) is 1.22. The van der Waals surface area contributed by atoms with E-state index in [4.69, 9.17) is 28.3 Å². The van der Waals surface area contributed by atoms with Crippen LogP contribution in [0.1, 0.15) is 0 Å². The van der Waals surface area contributed by atoms with Gasteiger partial charge in [-0.15, -0.1) is 0 Å². The Morgan fingerprint density at radius 2 is 1.60 bits per heavy atom. The van der Waals surface area contributed by atoms with E-state index in [-0.39, 0.29) is 0 Å². The lowest BCUT2D eigenvalue weighted by molar-refractivity contribution is -0.298. The summed E-state index contributed by atoms with van der Waals surface area (Å²) < 4.78 is 0. The maximum atomic E-state index is 9.88. The highest BCUT2D eigenvalue weighted by Crippen LogP contribution is 2.12. The Morgan fingerprint density at radius 1 is 1.20 bits per heavy atom. The summed E-state index contributed by atoms with van der Waals surface area (Å²) in [6.45, 7) is 0. The maximum absolute atomic E-state index is 9.88. The molecule has 0 aromatic carbocycles. The van der Waals surface area contributed by atoms with Crippen LogP contribution in [0.4, 0.5) is 0 Å². The van der Waals surface area contributed by atoms with Crippen LogP contribution in [0.25, 0.3) is 0 Å². The van der Waals surface area contributed by atoms with E-state index in [1.165, 1.54) is 0 Å². The SMILES string of the molecule is O=C([O-])C(Cl)=C(Cl)C(=O)O. The highest BCUT2D eigenvalue weighted by Gasteiger charge is 2.09. The van der Waals surface area contributed by atoms with Gasteiger partial charge in [0.2, 0.25) is 0 Å². The van der Waals surface area contributed by atoms with Crippen LogP contribution in [-0.2, 0) is 9.59 Å². The summed E-state index contributed by atoms with van der Waals surface area (Å²) in [5, 5.41) is 15.9. The van der Waals surface area contributed by atoms with Crippen LogP contribution in [-0.4, -0.2) is 17.0 Å². The molecule has 0 radical (unpaired) electrons. The summed E-state index contributed by atoms with van der Waals surface area (Å²) in [5.41, 5.74) is 0. The Labute approximate surface area is 65.7 Å². The van der Waals surface area contributed by atoms with Crippen molar-refractivity contribution in [3.05, 3.63) is 10.1 Å². The predicted octanol–water partition coefficient (Wildman–Crippen LogP) is -0.490. The molecule has 0 atom stereocenters. The number of carbonyl (C=O) groups excluding carboxylic acids is 1. The van der Waals surface area contributed by atoms with Crippen molar-refractivity contribution in [1.82, 2.24) is 0 Å². The average Bonchev–Trinajstić information content (AvgIpc) is 1.84. The van der Waals surface area contributed by atoms with E-state index in [9.17, 15) is 14.7 Å². The van der Waals surface area contributed by atoms with Crippen LogP contribution < -0.4 is 5.11 Å². The fourth-order valence-electron chi connectivity index (χ4n) is 0.183. The first-order valence-electron chi connectivity index (χ1n) is 1.96. The third-order valence-corrected chi connectivity index (χ3v) is 1.35. The van der Waals surface area contributed by atoms with Crippen LogP contribution in [0.15, 0.2) is 10.1 Å². The molecule has 0 bridgehead atoms. The fourth-order valence-corrected chi connectivity index (χ4v) is 0.341. The van der Waals surface area contributed by atoms with E-state index in [1.807, 2.05) is 0 Å². The van der Waals surface area contributed by atoms with Gasteiger partial charge in [0.25, 0.3) is 0 Å². The summed E-state index contributed by atoms with van der Waals surface area (Å²) in [6, 6.07) is 0. The van der Waals surface area contributed by atoms with Crippen LogP contribution in [0, 0.1) is 0 Å². The first kappa shape index (κ1) is 9.26. The van der Waals surface area contributed by atoms with Crippen LogP contribution >= 0.6 is 23.2 Å². The zero-order valence-electron chi connectivity index (χ0n) is 4.43. The smallest absolute Gasteiger partial charge is 0.348 e. The molecule has 56 valence electrons. The number of carboxylic acid groups (broad SMARTS) is 2. The van der Waals surface area contributed by atoms with E-state index in [0.29, 0.717) is 0 Å². The lowest BCUT2D eigenvalue weighted by Crippen LogP contribution is -2.23. The first-order valence-corrected chi connectivity index (χ1v) is 2.72. The monoisotopic (exact) mass is 183 g/mol. The Hall–Kier alpha value is -0.740. The third-order valence-electron chi connectivity index (χ3n) is 0.560. The Bertz CT molecular complexity index is 185. The third kappa shape index (κ3) is 2.24. The molecular weight excluding hydrogens is 183 g/mol. The van der Waals surface area contributed by atoms with Gasteiger partial charge in [-0.3, -0.25) is 0 Å². The van der Waals surface area contributed by atoms with Crippen molar-refractivity contribution in [3.63, 3.8) is 0 Å². The minimum Gasteiger partial charge on any atom is -0.544 e. The van der Waals surface area contributed by atoms with Crippen molar-refractivity contribution < 1.29 is 19.8 Å². The molecule has 0 spiro atoms. The summed E-state index contributed by atoms with van der Waals surface area (Å²) in [7, 11) is 0. The summed E-state index contributed by atoms with van der Waals surface area (Å²) >= 11 is 9.75. The number of carbonyl (C=O) groups is 2. The van der Waals surface area contributed by atoms with Gasteiger partial charge in [0, 0.05) is 0 Å². The van der Waals surface area contributed by atoms with Gasteiger partial charge in [-0.1, -0.05) is 23.2 Å². The fraction of sp³-hybridized carbons (Fsp3) is 0. The molecule has 0 aliphatic carbocycles. The lowest BCUT2D eigenvalue weighted by Gasteiger charge is -1.98. The van der Waals surface area contributed by atoms with Crippen molar-refractivity contribution in [1.29, 1.82) is 0 Å². The van der Waals surface area contributed by atoms with Crippen molar-refractivity contribution in [2.75, 3.05) is 0 Å². The number of halogens is 2. The minimum atomic E-state index is -1.81. The molecule has 0 aromatic rings. The standard InChI is InChI=1S/C4H2Cl2O4/c5-1(3(7)8)2(6)4(9)10/h(H,7,8)(H,9,10)/p-1. The molecule has 0 saturated heterocycles. The normalized spacial score (nSPS) is 12.2. The maximum Gasteiger partial charge on any atom is 0.348 e. The van der Waals surface area contributed by atoms with Crippen molar-refractivity contribution in [2.24, 2.45) is 0 Å². The molecule has 0 fully saturated rings. The molecule has 0 aliphatic rings. The Morgan fingerprint density at radius 3 is 1.70 bits per heavy atom.